The van der Waals surface area contributed by atoms with Crippen LogP contribution in [0.2, 0.25) is 0 Å². The van der Waals surface area contributed by atoms with E-state index in [9.17, 15) is 9.59 Å². The van der Waals surface area contributed by atoms with Crippen molar-refractivity contribution >= 4 is 11.8 Å². The Hall–Kier alpha value is -3.49. The van der Waals surface area contributed by atoms with Crippen LogP contribution in [-0.2, 0) is 11.3 Å². The largest absolute Gasteiger partial charge is 0.472 e. The van der Waals surface area contributed by atoms with Crippen LogP contribution in [0, 0.1) is 0 Å². The Morgan fingerprint density at radius 1 is 1.32 bits per heavy atom. The second-order valence-corrected chi connectivity index (χ2v) is 5.29. The van der Waals surface area contributed by atoms with Gasteiger partial charge in [-0.3, -0.25) is 9.59 Å². The van der Waals surface area contributed by atoms with Crippen molar-refractivity contribution in [3.05, 3.63) is 60.7 Å². The molecule has 2 amide bonds. The van der Waals surface area contributed by atoms with Crippen LogP contribution in [0.15, 0.2) is 54.0 Å². The number of carbonyl (C=O) groups excluding carboxylic acids is 2. The second kappa shape index (κ2) is 7.39. The molecule has 3 heterocycles. The highest BCUT2D eigenvalue weighted by molar-refractivity contribution is 5.97. The number of aromatic nitrogens is 4. The summed E-state index contributed by atoms with van der Waals surface area (Å²) < 4.78 is 6.38. The predicted octanol–water partition coefficient (Wildman–Crippen LogP) is 0.690. The van der Waals surface area contributed by atoms with Gasteiger partial charge >= 0.3 is 0 Å². The number of hydrogen-bond donors (Lipinski definition) is 2. The van der Waals surface area contributed by atoms with Crippen LogP contribution in [0.4, 0.5) is 0 Å². The van der Waals surface area contributed by atoms with Crippen LogP contribution in [0.25, 0.3) is 5.82 Å². The van der Waals surface area contributed by atoms with Gasteiger partial charge in [0.05, 0.1) is 11.8 Å². The lowest BCUT2D eigenvalue weighted by molar-refractivity contribution is -0.122. The van der Waals surface area contributed by atoms with Gasteiger partial charge in [0.15, 0.2) is 5.82 Å². The summed E-state index contributed by atoms with van der Waals surface area (Å²) in [4.78, 5) is 32.1. The van der Waals surface area contributed by atoms with Crippen molar-refractivity contribution in [1.29, 1.82) is 0 Å². The molecule has 2 N–H and O–H groups in total. The Bertz CT molecular complexity index is 827. The van der Waals surface area contributed by atoms with E-state index in [0.717, 1.165) is 5.56 Å². The molecule has 0 radical (unpaired) electrons. The summed E-state index contributed by atoms with van der Waals surface area (Å²) in [5.74, 6) is -0.0271. The summed E-state index contributed by atoms with van der Waals surface area (Å²) in [6.07, 6.45) is 7.34. The summed E-state index contributed by atoms with van der Waals surface area (Å²) in [7, 11) is 0. The fourth-order valence-electron chi connectivity index (χ4n) is 2.06. The first-order valence-corrected chi connectivity index (χ1v) is 7.54. The van der Waals surface area contributed by atoms with E-state index in [1.165, 1.54) is 29.6 Å². The molecular formula is C16H16N6O3. The molecule has 0 aliphatic heterocycles. The number of rotatable bonds is 6. The first-order valence-electron chi connectivity index (χ1n) is 7.54. The van der Waals surface area contributed by atoms with Crippen LogP contribution in [-0.4, -0.2) is 37.6 Å². The van der Waals surface area contributed by atoms with Crippen LogP contribution in [0.5, 0.6) is 0 Å². The van der Waals surface area contributed by atoms with Crippen molar-refractivity contribution in [3.63, 3.8) is 0 Å². The molecular weight excluding hydrogens is 324 g/mol. The molecule has 9 heteroatoms. The van der Waals surface area contributed by atoms with E-state index in [-0.39, 0.29) is 11.8 Å². The zero-order valence-electron chi connectivity index (χ0n) is 13.4. The third kappa shape index (κ3) is 4.08. The normalized spacial score (nSPS) is 11.7. The predicted molar refractivity (Wildman–Crippen MR) is 86.6 cm³/mol. The number of amides is 2. The molecule has 0 aliphatic rings. The topological polar surface area (TPSA) is 115 Å². The first kappa shape index (κ1) is 16.4. The fraction of sp³-hybridized carbons (Fsp3) is 0.188. The number of nitrogens with one attached hydrogen (secondary N) is 2. The number of pyridine rings is 1. The van der Waals surface area contributed by atoms with E-state index in [4.69, 9.17) is 4.42 Å². The lowest BCUT2D eigenvalue weighted by atomic mass is 10.2. The van der Waals surface area contributed by atoms with E-state index in [0.29, 0.717) is 17.9 Å². The van der Waals surface area contributed by atoms with Crippen molar-refractivity contribution in [2.75, 3.05) is 0 Å². The molecule has 3 rings (SSSR count). The molecule has 0 saturated carbocycles. The van der Waals surface area contributed by atoms with Gasteiger partial charge in [-0.05, 0) is 24.6 Å². The van der Waals surface area contributed by atoms with Gasteiger partial charge < -0.3 is 15.1 Å². The van der Waals surface area contributed by atoms with Gasteiger partial charge in [-0.25, -0.2) is 14.6 Å². The van der Waals surface area contributed by atoms with Gasteiger partial charge in [-0.15, -0.1) is 0 Å². The average molecular weight is 340 g/mol. The molecule has 0 saturated heterocycles. The molecule has 9 nitrogen and oxygen atoms in total. The van der Waals surface area contributed by atoms with Gasteiger partial charge in [0.25, 0.3) is 5.91 Å². The molecule has 1 atom stereocenters. The maximum atomic E-state index is 12.1. The molecule has 25 heavy (non-hydrogen) atoms. The van der Waals surface area contributed by atoms with Gasteiger partial charge in [0.1, 0.15) is 25.0 Å². The summed E-state index contributed by atoms with van der Waals surface area (Å²) >= 11 is 0. The lowest BCUT2D eigenvalue weighted by Crippen LogP contribution is -2.44. The Kier molecular flexibility index (Phi) is 4.84. The second-order valence-electron chi connectivity index (χ2n) is 5.29. The maximum absolute atomic E-state index is 12.1. The van der Waals surface area contributed by atoms with E-state index in [1.807, 2.05) is 6.07 Å². The Labute approximate surface area is 143 Å². The minimum Gasteiger partial charge on any atom is -0.472 e. The molecule has 3 aromatic rings. The molecule has 1 unspecified atom stereocenters. The Morgan fingerprint density at radius 3 is 2.84 bits per heavy atom. The third-order valence-electron chi connectivity index (χ3n) is 3.45. The quantitative estimate of drug-likeness (QED) is 0.682. The SMILES string of the molecule is CC(NC(=O)c1ccoc1)C(=O)NCc1ccc(-n2cncn2)nc1. The molecule has 128 valence electrons. The zero-order chi connectivity index (χ0) is 17.6. The highest BCUT2D eigenvalue weighted by Gasteiger charge is 2.16. The minimum atomic E-state index is -0.676. The highest BCUT2D eigenvalue weighted by atomic mass is 16.3. The molecule has 0 fully saturated rings. The molecule has 3 aromatic heterocycles. The Morgan fingerprint density at radius 2 is 2.20 bits per heavy atom. The molecule has 0 bridgehead atoms. The van der Waals surface area contributed by atoms with E-state index in [1.54, 1.807) is 25.5 Å². The summed E-state index contributed by atoms with van der Waals surface area (Å²) in [5, 5.41) is 9.34. The fourth-order valence-corrected chi connectivity index (χ4v) is 2.06. The van der Waals surface area contributed by atoms with Crippen molar-refractivity contribution in [2.24, 2.45) is 0 Å². The minimum absolute atomic E-state index is 0.294. The van der Waals surface area contributed by atoms with Crippen LogP contribution in [0.1, 0.15) is 22.8 Å². The van der Waals surface area contributed by atoms with E-state index >= 15 is 0 Å². The summed E-state index contributed by atoms with van der Waals surface area (Å²) in [6.45, 7) is 1.91. The van der Waals surface area contributed by atoms with E-state index < -0.39 is 6.04 Å². The van der Waals surface area contributed by atoms with Crippen LogP contribution < -0.4 is 10.6 Å². The van der Waals surface area contributed by atoms with Crippen molar-refractivity contribution in [2.45, 2.75) is 19.5 Å². The zero-order valence-corrected chi connectivity index (χ0v) is 13.4. The Balaban J connectivity index is 1.50. The number of carbonyl (C=O) groups is 2. The summed E-state index contributed by atoms with van der Waals surface area (Å²) in [5.41, 5.74) is 1.19. The van der Waals surface area contributed by atoms with E-state index in [2.05, 4.69) is 25.7 Å². The first-order chi connectivity index (χ1) is 12.1. The van der Waals surface area contributed by atoms with Crippen molar-refractivity contribution in [1.82, 2.24) is 30.4 Å². The monoisotopic (exact) mass is 340 g/mol. The van der Waals surface area contributed by atoms with Crippen molar-refractivity contribution < 1.29 is 14.0 Å². The molecule has 0 spiro atoms. The van der Waals surface area contributed by atoms with Gasteiger partial charge in [0, 0.05) is 12.7 Å². The van der Waals surface area contributed by atoms with Crippen LogP contribution in [0.3, 0.4) is 0 Å². The summed E-state index contributed by atoms with van der Waals surface area (Å²) in [6, 6.07) is 4.46. The third-order valence-corrected chi connectivity index (χ3v) is 3.45. The number of hydrogen-bond acceptors (Lipinski definition) is 6. The smallest absolute Gasteiger partial charge is 0.255 e. The molecule has 0 aliphatic carbocycles. The standard InChI is InChI=1S/C16H16N6O3/c1-11(21-16(24)13-4-5-25-8-13)15(23)19-7-12-2-3-14(18-6-12)22-10-17-9-20-22/h2-6,8-11H,7H2,1H3,(H,19,23)(H,21,24). The average Bonchev–Trinajstić information content (AvgIpc) is 3.33. The lowest BCUT2D eigenvalue weighted by Gasteiger charge is -2.13. The van der Waals surface area contributed by atoms with Gasteiger partial charge in [-0.1, -0.05) is 6.07 Å². The molecule has 0 aromatic carbocycles. The number of furan rings is 1. The van der Waals surface area contributed by atoms with Crippen LogP contribution >= 0.6 is 0 Å². The van der Waals surface area contributed by atoms with Crippen molar-refractivity contribution in [3.8, 4) is 5.82 Å². The van der Waals surface area contributed by atoms with Gasteiger partial charge in [-0.2, -0.15) is 5.10 Å². The maximum Gasteiger partial charge on any atom is 0.255 e. The van der Waals surface area contributed by atoms with Gasteiger partial charge in [0.2, 0.25) is 5.91 Å². The highest BCUT2D eigenvalue weighted by Crippen LogP contribution is 2.04. The number of nitrogens with zero attached hydrogens (tertiary/aromatic N) is 4.